The molecule has 0 bridgehead atoms. The average molecular weight is 360 g/mol. The molecule has 0 aliphatic carbocycles. The first-order valence-electron chi connectivity index (χ1n) is 8.26. The SMILES string of the molecule is N/C(=N\C(=Nc1ccccc1)SCc1ccccc1)Nc1ccccc1. The van der Waals surface area contributed by atoms with E-state index in [0.717, 1.165) is 17.1 Å². The molecule has 3 rings (SSSR count). The number of benzene rings is 3. The summed E-state index contributed by atoms with van der Waals surface area (Å²) in [5, 5.41) is 3.70. The van der Waals surface area contributed by atoms with Crippen molar-refractivity contribution in [2.24, 2.45) is 15.7 Å². The summed E-state index contributed by atoms with van der Waals surface area (Å²) < 4.78 is 0. The fourth-order valence-electron chi connectivity index (χ4n) is 2.22. The highest BCUT2D eigenvalue weighted by molar-refractivity contribution is 8.13. The van der Waals surface area contributed by atoms with E-state index < -0.39 is 0 Å². The third-order valence-electron chi connectivity index (χ3n) is 3.45. The molecule has 130 valence electrons. The monoisotopic (exact) mass is 360 g/mol. The van der Waals surface area contributed by atoms with Gasteiger partial charge in [-0.25, -0.2) is 4.99 Å². The summed E-state index contributed by atoms with van der Waals surface area (Å²) in [6.07, 6.45) is 0. The van der Waals surface area contributed by atoms with Gasteiger partial charge >= 0.3 is 0 Å². The maximum Gasteiger partial charge on any atom is 0.200 e. The fourth-order valence-corrected chi connectivity index (χ4v) is 3.05. The number of rotatable bonds is 4. The molecule has 0 fully saturated rings. The van der Waals surface area contributed by atoms with Gasteiger partial charge in [-0.15, -0.1) is 0 Å². The predicted molar refractivity (Wildman–Crippen MR) is 113 cm³/mol. The van der Waals surface area contributed by atoms with Gasteiger partial charge in [-0.3, -0.25) is 0 Å². The highest BCUT2D eigenvalue weighted by Crippen LogP contribution is 2.19. The maximum absolute atomic E-state index is 6.07. The Bertz CT molecular complexity index is 862. The van der Waals surface area contributed by atoms with Crippen molar-refractivity contribution in [1.82, 2.24) is 0 Å². The standard InChI is InChI=1S/C21H20N4S/c22-20(23-18-12-6-2-7-13-18)25-21(24-19-14-8-3-9-15-19)26-16-17-10-4-1-5-11-17/h1-15H,16H2,(H3,22,23,24,25). The molecular weight excluding hydrogens is 340 g/mol. The van der Waals surface area contributed by atoms with E-state index in [9.17, 15) is 0 Å². The molecule has 3 aromatic rings. The van der Waals surface area contributed by atoms with Gasteiger partial charge in [0.2, 0.25) is 0 Å². The van der Waals surface area contributed by atoms with Crippen molar-refractivity contribution in [3.63, 3.8) is 0 Å². The number of hydrogen-bond donors (Lipinski definition) is 2. The van der Waals surface area contributed by atoms with Crippen LogP contribution >= 0.6 is 11.8 Å². The van der Waals surface area contributed by atoms with E-state index in [0.29, 0.717) is 11.1 Å². The number of guanidine groups is 1. The van der Waals surface area contributed by atoms with Crippen LogP contribution in [0.1, 0.15) is 5.56 Å². The summed E-state index contributed by atoms with van der Waals surface area (Å²) in [4.78, 5) is 9.11. The number of nitrogens with one attached hydrogen (secondary N) is 1. The topological polar surface area (TPSA) is 62.8 Å². The number of hydrogen-bond acceptors (Lipinski definition) is 2. The fraction of sp³-hybridized carbons (Fsp3) is 0.0476. The van der Waals surface area contributed by atoms with Crippen LogP contribution in [0.3, 0.4) is 0 Å². The Morgan fingerprint density at radius 1 is 0.808 bits per heavy atom. The molecule has 0 unspecified atom stereocenters. The van der Waals surface area contributed by atoms with Gasteiger partial charge in [0.15, 0.2) is 11.1 Å². The second-order valence-electron chi connectivity index (χ2n) is 5.49. The largest absolute Gasteiger partial charge is 0.369 e. The van der Waals surface area contributed by atoms with Gasteiger partial charge in [-0.05, 0) is 29.8 Å². The van der Waals surface area contributed by atoms with Crippen molar-refractivity contribution >= 4 is 34.3 Å². The Kier molecular flexibility index (Phi) is 6.45. The Morgan fingerprint density at radius 2 is 1.38 bits per heavy atom. The lowest BCUT2D eigenvalue weighted by molar-refractivity contribution is 1.42. The zero-order chi connectivity index (χ0) is 18.0. The number of nitrogens with two attached hydrogens (primary N) is 1. The molecule has 0 saturated carbocycles. The van der Waals surface area contributed by atoms with Crippen LogP contribution < -0.4 is 11.1 Å². The molecule has 0 radical (unpaired) electrons. The molecule has 0 heterocycles. The van der Waals surface area contributed by atoms with E-state index in [2.05, 4.69) is 27.4 Å². The molecule has 0 spiro atoms. The maximum atomic E-state index is 6.07. The van der Waals surface area contributed by atoms with Gasteiger partial charge in [0.05, 0.1) is 5.69 Å². The molecule has 0 amide bonds. The first-order chi connectivity index (χ1) is 12.8. The van der Waals surface area contributed by atoms with Gasteiger partial charge in [-0.1, -0.05) is 78.5 Å². The zero-order valence-electron chi connectivity index (χ0n) is 14.2. The predicted octanol–water partition coefficient (Wildman–Crippen LogP) is 5.03. The van der Waals surface area contributed by atoms with Crippen LogP contribution in [0.5, 0.6) is 0 Å². The number of para-hydroxylation sites is 2. The normalized spacial score (nSPS) is 12.0. The van der Waals surface area contributed by atoms with Crippen molar-refractivity contribution in [2.75, 3.05) is 5.32 Å². The first kappa shape index (κ1) is 17.8. The Balaban J connectivity index is 1.77. The van der Waals surface area contributed by atoms with Crippen LogP contribution in [0.4, 0.5) is 11.4 Å². The van der Waals surface area contributed by atoms with Crippen LogP contribution in [0.15, 0.2) is 101 Å². The summed E-state index contributed by atoms with van der Waals surface area (Å²) in [5.74, 6) is 1.08. The summed E-state index contributed by atoms with van der Waals surface area (Å²) >= 11 is 1.55. The molecule has 0 aliphatic rings. The molecule has 26 heavy (non-hydrogen) atoms. The Morgan fingerprint density at radius 3 is 2.04 bits per heavy atom. The van der Waals surface area contributed by atoms with Crippen molar-refractivity contribution in [3.05, 3.63) is 96.6 Å². The zero-order valence-corrected chi connectivity index (χ0v) is 15.1. The molecule has 0 aromatic heterocycles. The summed E-state index contributed by atoms with van der Waals surface area (Å²) in [6.45, 7) is 0. The van der Waals surface area contributed by atoms with Gasteiger partial charge < -0.3 is 11.1 Å². The lowest BCUT2D eigenvalue weighted by Crippen LogP contribution is -2.23. The van der Waals surface area contributed by atoms with Gasteiger partial charge in [0.1, 0.15) is 0 Å². The number of thioether (sulfide) groups is 1. The summed E-state index contributed by atoms with van der Waals surface area (Å²) in [6, 6.07) is 29.7. The number of nitrogens with zero attached hydrogens (tertiary/aromatic N) is 2. The Hall–Kier alpha value is -3.05. The molecule has 0 aliphatic heterocycles. The highest BCUT2D eigenvalue weighted by atomic mass is 32.2. The second kappa shape index (κ2) is 9.44. The minimum atomic E-state index is 0.312. The molecular formula is C21H20N4S. The number of aliphatic imine (C=N–C) groups is 2. The van der Waals surface area contributed by atoms with E-state index in [1.54, 1.807) is 11.8 Å². The smallest absolute Gasteiger partial charge is 0.200 e. The molecule has 4 nitrogen and oxygen atoms in total. The lowest BCUT2D eigenvalue weighted by atomic mass is 10.2. The van der Waals surface area contributed by atoms with Gasteiger partial charge in [0, 0.05) is 11.4 Å². The van der Waals surface area contributed by atoms with E-state index >= 15 is 0 Å². The lowest BCUT2D eigenvalue weighted by Gasteiger charge is -2.07. The van der Waals surface area contributed by atoms with Crippen molar-refractivity contribution in [1.29, 1.82) is 0 Å². The third kappa shape index (κ3) is 5.79. The quantitative estimate of drug-likeness (QED) is 0.506. The highest BCUT2D eigenvalue weighted by Gasteiger charge is 2.03. The molecule has 3 aromatic carbocycles. The van der Waals surface area contributed by atoms with Crippen LogP contribution in [0.2, 0.25) is 0 Å². The molecule has 5 heteroatoms. The van der Waals surface area contributed by atoms with Crippen molar-refractivity contribution in [3.8, 4) is 0 Å². The molecule has 3 N–H and O–H groups in total. The number of amidine groups is 1. The minimum absolute atomic E-state index is 0.312. The van der Waals surface area contributed by atoms with E-state index in [1.165, 1.54) is 5.56 Å². The van der Waals surface area contributed by atoms with Crippen LogP contribution in [-0.2, 0) is 5.75 Å². The molecule has 0 saturated heterocycles. The minimum Gasteiger partial charge on any atom is -0.369 e. The van der Waals surface area contributed by atoms with Crippen molar-refractivity contribution < 1.29 is 0 Å². The van der Waals surface area contributed by atoms with Crippen molar-refractivity contribution in [2.45, 2.75) is 5.75 Å². The van der Waals surface area contributed by atoms with E-state index in [4.69, 9.17) is 5.73 Å². The third-order valence-corrected chi connectivity index (χ3v) is 4.37. The van der Waals surface area contributed by atoms with Gasteiger partial charge in [0.25, 0.3) is 0 Å². The van der Waals surface area contributed by atoms with E-state index in [-0.39, 0.29) is 0 Å². The Labute approximate surface area is 157 Å². The first-order valence-corrected chi connectivity index (χ1v) is 9.25. The van der Waals surface area contributed by atoms with Crippen LogP contribution in [0, 0.1) is 0 Å². The molecule has 0 atom stereocenters. The van der Waals surface area contributed by atoms with Crippen LogP contribution in [-0.4, -0.2) is 11.1 Å². The van der Waals surface area contributed by atoms with Gasteiger partial charge in [-0.2, -0.15) is 4.99 Å². The summed E-state index contributed by atoms with van der Waals surface area (Å²) in [7, 11) is 0. The van der Waals surface area contributed by atoms with Crippen LogP contribution in [0.25, 0.3) is 0 Å². The number of anilines is 1. The van der Waals surface area contributed by atoms with E-state index in [1.807, 2.05) is 78.9 Å². The second-order valence-corrected chi connectivity index (χ2v) is 6.43. The summed E-state index contributed by atoms with van der Waals surface area (Å²) in [5.41, 5.74) is 9.02. The average Bonchev–Trinajstić information content (AvgIpc) is 2.68.